The van der Waals surface area contributed by atoms with E-state index in [2.05, 4.69) is 71.0 Å². The quantitative estimate of drug-likeness (QED) is 0.0641. The van der Waals surface area contributed by atoms with Crippen LogP contribution in [-0.4, -0.2) is 151 Å². The van der Waals surface area contributed by atoms with E-state index in [1.807, 2.05) is 51.2 Å². The number of hydrogen-bond donors (Lipinski definition) is 1. The number of carbonyl (C=O) groups excluding carboxylic acids is 1. The lowest BCUT2D eigenvalue weighted by Crippen LogP contribution is -2.60. The van der Waals surface area contributed by atoms with Crippen molar-refractivity contribution in [3.63, 3.8) is 0 Å². The van der Waals surface area contributed by atoms with Crippen LogP contribution in [0, 0.1) is 23.7 Å². The molecular weight excluding hydrogens is 1030 g/mol. The zero-order valence-corrected chi connectivity index (χ0v) is 48.8. The summed E-state index contributed by atoms with van der Waals surface area (Å²) in [6.07, 6.45) is 4.61. The lowest BCUT2D eigenvalue weighted by Gasteiger charge is -2.49. The fourth-order valence-corrected chi connectivity index (χ4v) is 13.5. The molecule has 1 spiro atoms. The Bertz CT molecular complexity index is 2320. The number of allylic oxidation sites excluding steroid dienone is 2. The van der Waals surface area contributed by atoms with Gasteiger partial charge < -0.3 is 56.9 Å². The van der Waals surface area contributed by atoms with E-state index >= 15 is 0 Å². The number of halogens is 3. The minimum Gasteiger partial charge on any atom is -0.462 e. The molecule has 1 N–H and O–H groups in total. The number of ether oxygens (including phenoxy) is 10. The zero-order chi connectivity index (χ0) is 56.1. The highest BCUT2D eigenvalue weighted by atomic mass is 32.2. The van der Waals surface area contributed by atoms with Gasteiger partial charge in [-0.05, 0) is 81.0 Å². The predicted octanol–water partition coefficient (Wildman–Crippen LogP) is 9.28. The summed E-state index contributed by atoms with van der Waals surface area (Å²) in [5.41, 5.74) is -5.25. The zero-order valence-electron chi connectivity index (χ0n) is 47.0. The second kappa shape index (κ2) is 23.6. The second-order valence-corrected chi connectivity index (χ2v) is 30.1. The van der Waals surface area contributed by atoms with Crippen molar-refractivity contribution in [2.24, 2.45) is 23.7 Å². The number of aliphatic hydroxyl groups is 1. The van der Waals surface area contributed by atoms with Crippen molar-refractivity contribution in [3.8, 4) is 0 Å². The van der Waals surface area contributed by atoms with Crippen molar-refractivity contribution < 1.29 is 87.5 Å². The molecule has 76 heavy (non-hydrogen) atoms. The normalized spacial score (nSPS) is 41.4. The lowest BCUT2D eigenvalue weighted by molar-refractivity contribution is -0.317. The van der Waals surface area contributed by atoms with E-state index in [1.54, 1.807) is 6.92 Å². The van der Waals surface area contributed by atoms with Crippen LogP contribution in [0.25, 0.3) is 0 Å². The molecule has 1 aliphatic carbocycles. The smallest absolute Gasteiger partial charge is 0.462 e. The summed E-state index contributed by atoms with van der Waals surface area (Å²) in [7, 11) is -5.60. The SMILES string of the molecule is CC[C@@H](C)[C@H]1O[C@]2(C=C[C@@H]1C)C[C@@H]1C[C@@H](CC=C(C)[C@@H](O[C@H]3C[C@H](OC)[C@@H](O[C@H]4C[C@H](OC)[C@H](OS(=O)(=O)C(F)(F)F)[C@H](C)O4)[C@H](C)O3)[C@@H](C)C=CC=C3CO[C@@H]4[C@H](O[Si](C)(C)C(C)(C)C)C(C)=C[C@@H](C(=O)O1)[C@]34O)O2. The molecule has 4 fully saturated rings. The average molecular weight is 1120 g/mol. The number of hydrogen-bond acceptors (Lipinski definition) is 16. The van der Waals surface area contributed by atoms with Crippen LogP contribution in [0.15, 0.2) is 59.3 Å². The van der Waals surface area contributed by atoms with Crippen molar-refractivity contribution in [2.45, 2.75) is 236 Å². The van der Waals surface area contributed by atoms with E-state index in [-0.39, 0.29) is 54.8 Å². The summed E-state index contributed by atoms with van der Waals surface area (Å²) in [6, 6.07) is 0. The van der Waals surface area contributed by atoms with Crippen LogP contribution < -0.4 is 0 Å². The molecule has 0 amide bonds. The van der Waals surface area contributed by atoms with E-state index in [0.29, 0.717) is 18.4 Å². The molecule has 16 nitrogen and oxygen atoms in total. The second-order valence-electron chi connectivity index (χ2n) is 23.8. The number of fused-ring (bicyclic) bond motifs is 2. The molecule has 0 aromatic heterocycles. The highest BCUT2D eigenvalue weighted by Gasteiger charge is 2.62. The first kappa shape index (κ1) is 61.3. The Balaban J connectivity index is 1.18. The molecule has 2 bridgehead atoms. The summed E-state index contributed by atoms with van der Waals surface area (Å²) < 4.78 is 139. The number of methoxy groups -OCH3 is 2. The van der Waals surface area contributed by atoms with Gasteiger partial charge in [-0.3, -0.25) is 8.98 Å². The van der Waals surface area contributed by atoms with Gasteiger partial charge in [0, 0.05) is 51.7 Å². The van der Waals surface area contributed by atoms with Gasteiger partial charge in [0.2, 0.25) is 0 Å². The Morgan fingerprint density at radius 2 is 1.50 bits per heavy atom. The highest BCUT2D eigenvalue weighted by molar-refractivity contribution is 7.87. The fraction of sp³-hybridized carbons (Fsp3) is 0.800. The van der Waals surface area contributed by atoms with Gasteiger partial charge in [-0.1, -0.05) is 91.3 Å². The Morgan fingerprint density at radius 1 is 0.868 bits per heavy atom. The minimum absolute atomic E-state index is 0.0536. The first-order chi connectivity index (χ1) is 35.4. The summed E-state index contributed by atoms with van der Waals surface area (Å²) in [5, 5.41) is 13.1. The fourth-order valence-electron chi connectivity index (χ4n) is 11.5. The first-order valence-corrected chi connectivity index (χ1v) is 31.4. The van der Waals surface area contributed by atoms with Crippen molar-refractivity contribution in [1.29, 1.82) is 0 Å². The molecule has 0 radical (unpaired) electrons. The maximum absolute atomic E-state index is 14.9. The van der Waals surface area contributed by atoms with E-state index in [9.17, 15) is 31.5 Å². The standard InChI is InChI=1S/C55H85F3O16SSi/c1-16-30(2)46-33(5)22-23-53(72-46)28-39-25-38(71-53)21-20-32(4)45(31(3)18-17-19-37-29-65-50-47(74-76(14,15)52(9,10)11)34(6)24-40(51(59)68-39)54(37,50)60)69-43-26-41(63-12)48(35(7)66-43)70-44-27-42(64-13)49(36(8)67-44)73-75(61,62)55(56,57)58/h17-20,22-24,30-31,33,35-36,38-50,60H,16,21,25-29H2,1-15H3/t30-,31+,33+,35+,36+,38-,39+,40+,41+,42+,43+,44+,45+,46-,47-,48+,49-,50-,53-,54-/m1/s1. The van der Waals surface area contributed by atoms with Gasteiger partial charge in [0.25, 0.3) is 0 Å². The molecule has 7 rings (SSSR count). The monoisotopic (exact) mass is 1120 g/mol. The number of alkyl halides is 3. The average Bonchev–Trinajstić information content (AvgIpc) is 3.67. The molecule has 0 unspecified atom stereocenters. The third-order valence-corrected chi connectivity index (χ3v) is 22.7. The van der Waals surface area contributed by atoms with Crippen molar-refractivity contribution in [2.75, 3.05) is 20.8 Å². The Kier molecular flexibility index (Phi) is 19.0. The summed E-state index contributed by atoms with van der Waals surface area (Å²) in [5.74, 6) is -2.79. The van der Waals surface area contributed by atoms with Gasteiger partial charge in [-0.2, -0.15) is 21.6 Å². The largest absolute Gasteiger partial charge is 0.523 e. The number of esters is 1. The third kappa shape index (κ3) is 12.9. The molecule has 21 heteroatoms. The molecule has 0 aromatic carbocycles. The lowest BCUT2D eigenvalue weighted by atomic mass is 9.71. The maximum atomic E-state index is 14.9. The molecule has 20 atom stereocenters. The molecule has 6 heterocycles. The summed E-state index contributed by atoms with van der Waals surface area (Å²) in [4.78, 5) is 14.9. The van der Waals surface area contributed by atoms with Gasteiger partial charge >= 0.3 is 21.6 Å². The summed E-state index contributed by atoms with van der Waals surface area (Å²) >= 11 is 0. The van der Waals surface area contributed by atoms with E-state index in [4.69, 9.17) is 51.8 Å². The van der Waals surface area contributed by atoms with Crippen LogP contribution >= 0.6 is 0 Å². The topological polar surface area (TPSA) is 182 Å². The molecule has 0 saturated carbocycles. The van der Waals surface area contributed by atoms with E-state index < -0.39 is 127 Å². The van der Waals surface area contributed by atoms with Crippen molar-refractivity contribution in [3.05, 3.63) is 59.3 Å². The van der Waals surface area contributed by atoms with Crippen LogP contribution in [0.5, 0.6) is 0 Å². The molecule has 432 valence electrons. The molecular formula is C55H85F3O16SSi. The summed E-state index contributed by atoms with van der Waals surface area (Å²) in [6.45, 7) is 26.4. The van der Waals surface area contributed by atoms with Crippen LogP contribution in [0.3, 0.4) is 0 Å². The van der Waals surface area contributed by atoms with Gasteiger partial charge in [-0.15, -0.1) is 0 Å². The molecule has 6 aliphatic heterocycles. The Morgan fingerprint density at radius 3 is 2.12 bits per heavy atom. The molecule has 0 aromatic rings. The maximum Gasteiger partial charge on any atom is 0.523 e. The van der Waals surface area contributed by atoms with Gasteiger partial charge in [0.15, 0.2) is 26.7 Å². The van der Waals surface area contributed by atoms with Gasteiger partial charge in [0.05, 0.1) is 55.4 Å². The van der Waals surface area contributed by atoms with Gasteiger partial charge in [-0.25, -0.2) is 0 Å². The third-order valence-electron chi connectivity index (χ3n) is 17.2. The van der Waals surface area contributed by atoms with E-state index in [0.717, 1.165) is 17.6 Å². The molecule has 4 saturated heterocycles. The van der Waals surface area contributed by atoms with Crippen LogP contribution in [0.2, 0.25) is 18.1 Å². The number of carbonyl (C=O) groups is 1. The molecule has 7 aliphatic rings. The predicted molar refractivity (Wildman–Crippen MR) is 277 cm³/mol. The Labute approximate surface area is 449 Å². The van der Waals surface area contributed by atoms with Gasteiger partial charge in [0.1, 0.15) is 35.9 Å². The van der Waals surface area contributed by atoms with Crippen molar-refractivity contribution in [1.82, 2.24) is 0 Å². The van der Waals surface area contributed by atoms with Crippen LogP contribution in [-0.2, 0) is 70.9 Å². The van der Waals surface area contributed by atoms with Crippen molar-refractivity contribution >= 4 is 24.4 Å². The number of rotatable bonds is 12. The van der Waals surface area contributed by atoms with Crippen LogP contribution in [0.4, 0.5) is 13.2 Å². The minimum atomic E-state index is -5.94. The first-order valence-electron chi connectivity index (χ1n) is 27.0. The van der Waals surface area contributed by atoms with E-state index in [1.165, 1.54) is 21.1 Å². The van der Waals surface area contributed by atoms with Crippen LogP contribution in [0.1, 0.15) is 115 Å². The highest BCUT2D eigenvalue weighted by Crippen LogP contribution is 2.50. The Hall–Kier alpha value is -2.35.